The minimum absolute atomic E-state index is 0.120. The molecule has 2 aliphatic carbocycles. The molecule has 4 rings (SSSR count). The molecule has 2 N–H and O–H groups in total. The standard InChI is InChI=1S/C28H40O5/c1-16(2)20(14-18-13-19(32-8)12-17(3)22(18)30)23(31)24-26(6)10-9-11-27(26,7)28(24)15-21(29)25(4,5)33-28/h12-13,20-21,24,29-30H,1,9-11,14-15H2,2-8H3/t20?,21-,24-,26-,27-,28+/m0/s1. The minimum Gasteiger partial charge on any atom is -0.507 e. The summed E-state index contributed by atoms with van der Waals surface area (Å²) < 4.78 is 12.1. The lowest BCUT2D eigenvalue weighted by atomic mass is 9.36. The average molecular weight is 457 g/mol. The van der Waals surface area contributed by atoms with Crippen molar-refractivity contribution in [2.45, 2.75) is 91.0 Å². The molecule has 5 nitrogen and oxygen atoms in total. The zero-order valence-electron chi connectivity index (χ0n) is 21.2. The molecule has 3 fully saturated rings. The number of carbonyl (C=O) groups is 1. The Hall–Kier alpha value is -1.85. The van der Waals surface area contributed by atoms with Crippen LogP contribution >= 0.6 is 0 Å². The molecule has 0 aromatic heterocycles. The Balaban J connectivity index is 1.74. The summed E-state index contributed by atoms with van der Waals surface area (Å²) in [5.41, 5.74) is 0.506. The summed E-state index contributed by atoms with van der Waals surface area (Å²) >= 11 is 0. The summed E-state index contributed by atoms with van der Waals surface area (Å²) in [6.45, 7) is 16.2. The molecule has 1 saturated heterocycles. The van der Waals surface area contributed by atoms with Crippen LogP contribution in [-0.4, -0.2) is 40.4 Å². The van der Waals surface area contributed by atoms with Crippen LogP contribution in [0.3, 0.4) is 0 Å². The van der Waals surface area contributed by atoms with E-state index in [9.17, 15) is 15.0 Å². The fraction of sp³-hybridized carbons (Fsp3) is 0.679. The monoisotopic (exact) mass is 456 g/mol. The number of phenols is 1. The second-order valence-electron chi connectivity index (χ2n) is 11.8. The zero-order valence-corrected chi connectivity index (χ0v) is 21.2. The molecule has 0 amide bonds. The minimum atomic E-state index is -0.688. The van der Waals surface area contributed by atoms with Gasteiger partial charge in [-0.2, -0.15) is 0 Å². The maximum atomic E-state index is 14.4. The zero-order chi connectivity index (χ0) is 24.6. The number of rotatable bonds is 6. The number of aryl methyl sites for hydroxylation is 1. The fourth-order valence-corrected chi connectivity index (χ4v) is 7.48. The normalized spacial score (nSPS) is 37.5. The van der Waals surface area contributed by atoms with Gasteiger partial charge in [-0.05, 0) is 75.6 Å². The number of fused-ring (bicyclic) bond motifs is 2. The van der Waals surface area contributed by atoms with E-state index in [0.29, 0.717) is 24.2 Å². The van der Waals surface area contributed by atoms with Crippen LogP contribution < -0.4 is 4.74 Å². The summed E-state index contributed by atoms with van der Waals surface area (Å²) in [6, 6.07) is 3.60. The maximum Gasteiger partial charge on any atom is 0.146 e. The molecule has 2 saturated carbocycles. The second-order valence-corrected chi connectivity index (χ2v) is 11.8. The van der Waals surface area contributed by atoms with E-state index in [1.54, 1.807) is 13.2 Å². The lowest BCUT2D eigenvalue weighted by Crippen LogP contribution is -2.75. The summed E-state index contributed by atoms with van der Waals surface area (Å²) in [7, 11) is 1.60. The first kappa shape index (κ1) is 24.3. The van der Waals surface area contributed by atoms with Gasteiger partial charge in [0.1, 0.15) is 17.3 Å². The molecule has 1 unspecified atom stereocenters. The number of aliphatic hydroxyl groups is 1. The first-order chi connectivity index (χ1) is 15.2. The number of benzene rings is 1. The number of hydrogen-bond donors (Lipinski definition) is 2. The van der Waals surface area contributed by atoms with Gasteiger partial charge in [-0.3, -0.25) is 4.79 Å². The number of aliphatic hydroxyl groups excluding tert-OH is 1. The third-order valence-corrected chi connectivity index (χ3v) is 9.65. The molecule has 6 atom stereocenters. The van der Waals surface area contributed by atoms with Crippen molar-refractivity contribution in [3.8, 4) is 11.5 Å². The molecule has 1 aromatic carbocycles. The number of phenolic OH excluding ortho intramolecular Hbond substituents is 1. The molecular formula is C28H40O5. The topological polar surface area (TPSA) is 76.0 Å². The SMILES string of the molecule is C=C(C)C(Cc1cc(OC)cc(C)c1O)C(=O)[C@H]1[C@]2(C)CCC[C@]2(C)[C@@]12C[C@H](O)C(C)(C)O2. The summed E-state index contributed by atoms with van der Waals surface area (Å²) in [4.78, 5) is 14.4. The van der Waals surface area contributed by atoms with E-state index in [4.69, 9.17) is 9.47 Å². The van der Waals surface area contributed by atoms with Crippen molar-refractivity contribution in [2.24, 2.45) is 22.7 Å². The predicted molar refractivity (Wildman–Crippen MR) is 128 cm³/mol. The first-order valence-electron chi connectivity index (χ1n) is 12.2. The Morgan fingerprint density at radius 1 is 1.27 bits per heavy atom. The van der Waals surface area contributed by atoms with Gasteiger partial charge < -0.3 is 19.7 Å². The largest absolute Gasteiger partial charge is 0.507 e. The number of aromatic hydroxyl groups is 1. The van der Waals surface area contributed by atoms with Crippen LogP contribution in [0.4, 0.5) is 0 Å². The van der Waals surface area contributed by atoms with Crippen LogP contribution in [0.5, 0.6) is 11.5 Å². The van der Waals surface area contributed by atoms with Crippen molar-refractivity contribution in [3.05, 3.63) is 35.4 Å². The molecule has 1 heterocycles. The number of carbonyl (C=O) groups excluding carboxylic acids is 1. The summed E-state index contributed by atoms with van der Waals surface area (Å²) in [6.07, 6.45) is 3.28. The van der Waals surface area contributed by atoms with Gasteiger partial charge >= 0.3 is 0 Å². The number of hydrogen-bond acceptors (Lipinski definition) is 5. The Morgan fingerprint density at radius 3 is 2.48 bits per heavy atom. The van der Waals surface area contributed by atoms with Crippen molar-refractivity contribution in [3.63, 3.8) is 0 Å². The summed E-state index contributed by atoms with van der Waals surface area (Å²) in [5.74, 6) is 0.214. The number of methoxy groups -OCH3 is 1. The molecule has 182 valence electrons. The first-order valence-corrected chi connectivity index (χ1v) is 12.2. The summed E-state index contributed by atoms with van der Waals surface area (Å²) in [5, 5.41) is 21.6. The highest BCUT2D eigenvalue weighted by Crippen LogP contribution is 2.79. The van der Waals surface area contributed by atoms with Crippen molar-refractivity contribution in [1.29, 1.82) is 0 Å². The molecular weight excluding hydrogens is 416 g/mol. The van der Waals surface area contributed by atoms with E-state index in [-0.39, 0.29) is 28.3 Å². The van der Waals surface area contributed by atoms with E-state index in [0.717, 1.165) is 30.4 Å². The van der Waals surface area contributed by atoms with E-state index in [2.05, 4.69) is 20.4 Å². The molecule has 1 aliphatic heterocycles. The van der Waals surface area contributed by atoms with Crippen LogP contribution in [0.25, 0.3) is 0 Å². The van der Waals surface area contributed by atoms with E-state index in [1.807, 2.05) is 33.8 Å². The van der Waals surface area contributed by atoms with Crippen molar-refractivity contribution in [1.82, 2.24) is 0 Å². The van der Waals surface area contributed by atoms with E-state index in [1.165, 1.54) is 0 Å². The number of allylic oxidation sites excluding steroid dienone is 1. The van der Waals surface area contributed by atoms with Gasteiger partial charge in [-0.1, -0.05) is 32.4 Å². The van der Waals surface area contributed by atoms with Gasteiger partial charge in [0, 0.05) is 17.8 Å². The second kappa shape index (κ2) is 7.58. The Kier molecular flexibility index (Phi) is 5.57. The molecule has 33 heavy (non-hydrogen) atoms. The molecule has 0 radical (unpaired) electrons. The van der Waals surface area contributed by atoms with Gasteiger partial charge in [0.05, 0.1) is 30.3 Å². The van der Waals surface area contributed by atoms with E-state index >= 15 is 0 Å². The van der Waals surface area contributed by atoms with Crippen molar-refractivity contribution >= 4 is 5.78 Å². The van der Waals surface area contributed by atoms with Gasteiger partial charge in [0.15, 0.2) is 0 Å². The fourth-order valence-electron chi connectivity index (χ4n) is 7.48. The maximum absolute atomic E-state index is 14.4. The smallest absolute Gasteiger partial charge is 0.146 e. The molecule has 0 bridgehead atoms. The van der Waals surface area contributed by atoms with Gasteiger partial charge in [0.2, 0.25) is 0 Å². The van der Waals surface area contributed by atoms with Crippen molar-refractivity contribution in [2.75, 3.05) is 7.11 Å². The average Bonchev–Trinajstić information content (AvgIpc) is 3.14. The number of ketones is 1. The Labute approximate surface area is 198 Å². The van der Waals surface area contributed by atoms with Crippen LogP contribution in [-0.2, 0) is 16.0 Å². The quantitative estimate of drug-likeness (QED) is 0.580. The van der Waals surface area contributed by atoms with E-state index < -0.39 is 23.2 Å². The molecule has 3 aliphatic rings. The molecule has 5 heteroatoms. The highest BCUT2D eigenvalue weighted by atomic mass is 16.6. The highest BCUT2D eigenvalue weighted by Gasteiger charge is 2.82. The van der Waals surface area contributed by atoms with Crippen molar-refractivity contribution < 1.29 is 24.5 Å². The number of Topliss-reactive ketones (excluding diaryl/α,β-unsaturated/α-hetero) is 1. The van der Waals surface area contributed by atoms with Crippen LogP contribution in [0.1, 0.15) is 71.4 Å². The Morgan fingerprint density at radius 2 is 1.94 bits per heavy atom. The third-order valence-electron chi connectivity index (χ3n) is 9.65. The van der Waals surface area contributed by atoms with Crippen LogP contribution in [0, 0.1) is 29.6 Å². The van der Waals surface area contributed by atoms with Gasteiger partial charge in [-0.25, -0.2) is 0 Å². The predicted octanol–water partition coefficient (Wildman–Crippen LogP) is 5.14. The van der Waals surface area contributed by atoms with Crippen LogP contribution in [0.15, 0.2) is 24.3 Å². The Bertz CT molecular complexity index is 996. The molecule has 1 aromatic rings. The third kappa shape index (κ3) is 3.15. The van der Waals surface area contributed by atoms with Crippen LogP contribution in [0.2, 0.25) is 0 Å². The molecule has 1 spiro atoms. The highest BCUT2D eigenvalue weighted by molar-refractivity contribution is 5.90. The lowest BCUT2D eigenvalue weighted by molar-refractivity contribution is -0.305. The van der Waals surface area contributed by atoms with Gasteiger partial charge in [0.25, 0.3) is 0 Å². The lowest BCUT2D eigenvalue weighted by Gasteiger charge is -2.70. The number of ether oxygens (including phenoxy) is 2. The van der Waals surface area contributed by atoms with Gasteiger partial charge in [-0.15, -0.1) is 0 Å².